The number of piperazine rings is 1. The van der Waals surface area contributed by atoms with Crippen molar-refractivity contribution in [1.82, 2.24) is 29.6 Å². The first-order chi connectivity index (χ1) is 10.2. The van der Waals surface area contributed by atoms with E-state index in [4.69, 9.17) is 0 Å². The van der Waals surface area contributed by atoms with E-state index in [1.807, 2.05) is 12.3 Å². The van der Waals surface area contributed by atoms with Crippen LogP contribution in [0.3, 0.4) is 0 Å². The van der Waals surface area contributed by atoms with Gasteiger partial charge < -0.3 is 15.1 Å². The molecule has 1 aliphatic heterocycles. The van der Waals surface area contributed by atoms with Gasteiger partial charge in [-0.2, -0.15) is 20.1 Å². The monoisotopic (exact) mass is 288 g/mol. The van der Waals surface area contributed by atoms with Crippen LogP contribution in [-0.4, -0.2) is 69.4 Å². The summed E-state index contributed by atoms with van der Waals surface area (Å²) < 4.78 is 1.64. The van der Waals surface area contributed by atoms with Crippen LogP contribution in [0.1, 0.15) is 6.92 Å². The van der Waals surface area contributed by atoms with E-state index in [0.29, 0.717) is 23.9 Å². The third-order valence-electron chi connectivity index (χ3n) is 3.79. The lowest BCUT2D eigenvalue weighted by molar-refractivity contribution is 0.232. The summed E-state index contributed by atoms with van der Waals surface area (Å²) in [5.41, 5.74) is 0. The van der Waals surface area contributed by atoms with E-state index in [9.17, 15) is 0 Å². The van der Waals surface area contributed by atoms with Gasteiger partial charge in [0.25, 0.3) is 5.95 Å². The molecule has 112 valence electrons. The number of hydrogen-bond acceptors (Lipinski definition) is 7. The van der Waals surface area contributed by atoms with Crippen LogP contribution in [0.15, 0.2) is 18.5 Å². The maximum Gasteiger partial charge on any atom is 0.257 e. The largest absolute Gasteiger partial charge is 0.357 e. The number of hydrogen-bond donors (Lipinski definition) is 1. The molecule has 0 aromatic carbocycles. The first-order valence-corrected chi connectivity index (χ1v) is 7.06. The maximum atomic E-state index is 4.55. The molecular formula is C13H20N8. The zero-order chi connectivity index (χ0) is 14.8. The molecule has 1 aliphatic rings. The van der Waals surface area contributed by atoms with Crippen LogP contribution >= 0.6 is 0 Å². The van der Waals surface area contributed by atoms with E-state index in [1.165, 1.54) is 0 Å². The van der Waals surface area contributed by atoms with Gasteiger partial charge in [-0.05, 0) is 20.0 Å². The standard InChI is InChI=1S/C13H20N8/c1-10-9-20(8-7-19(10)3)12-16-11(14-2)17-13(18-12)21-6-4-5-15-21/h4-6,10H,7-9H2,1-3H3,(H,14,16,17,18). The second-order valence-electron chi connectivity index (χ2n) is 5.24. The zero-order valence-electron chi connectivity index (χ0n) is 12.6. The molecule has 1 fully saturated rings. The molecule has 1 saturated heterocycles. The molecule has 21 heavy (non-hydrogen) atoms. The molecule has 0 saturated carbocycles. The Labute approximate surface area is 123 Å². The Hall–Kier alpha value is -2.22. The van der Waals surface area contributed by atoms with Crippen LogP contribution in [0.25, 0.3) is 5.95 Å². The average Bonchev–Trinajstić information content (AvgIpc) is 3.04. The second-order valence-corrected chi connectivity index (χ2v) is 5.24. The number of rotatable bonds is 3. The minimum atomic E-state index is 0.474. The van der Waals surface area contributed by atoms with E-state index in [0.717, 1.165) is 19.6 Å². The van der Waals surface area contributed by atoms with Crippen LogP contribution in [-0.2, 0) is 0 Å². The first-order valence-electron chi connectivity index (χ1n) is 7.06. The second kappa shape index (κ2) is 5.65. The molecule has 0 amide bonds. The highest BCUT2D eigenvalue weighted by Crippen LogP contribution is 2.16. The van der Waals surface area contributed by atoms with Crippen molar-refractivity contribution in [3.63, 3.8) is 0 Å². The van der Waals surface area contributed by atoms with Crippen LogP contribution in [0, 0.1) is 0 Å². The van der Waals surface area contributed by atoms with Gasteiger partial charge in [-0.15, -0.1) is 0 Å². The lowest BCUT2D eigenvalue weighted by atomic mass is 10.2. The minimum Gasteiger partial charge on any atom is -0.357 e. The predicted octanol–water partition coefficient (Wildman–Crippen LogP) is 0.239. The molecule has 2 aromatic heterocycles. The van der Waals surface area contributed by atoms with Crippen molar-refractivity contribution in [3.05, 3.63) is 18.5 Å². The van der Waals surface area contributed by atoms with Gasteiger partial charge in [0.1, 0.15) is 0 Å². The van der Waals surface area contributed by atoms with Crippen molar-refractivity contribution >= 4 is 11.9 Å². The molecule has 8 heteroatoms. The number of likely N-dealkylation sites (N-methyl/N-ethyl adjacent to an activating group) is 1. The Balaban J connectivity index is 1.93. The summed E-state index contributed by atoms with van der Waals surface area (Å²) >= 11 is 0. The molecule has 8 nitrogen and oxygen atoms in total. The fourth-order valence-corrected chi connectivity index (χ4v) is 2.33. The fraction of sp³-hybridized carbons (Fsp3) is 0.538. The first kappa shape index (κ1) is 13.7. The SMILES string of the molecule is CNc1nc(N2CCN(C)C(C)C2)nc(-n2cccn2)n1. The fourth-order valence-electron chi connectivity index (χ4n) is 2.33. The highest BCUT2D eigenvalue weighted by atomic mass is 15.4. The molecule has 1 unspecified atom stereocenters. The van der Waals surface area contributed by atoms with Gasteiger partial charge in [0, 0.05) is 45.1 Å². The number of nitrogens with zero attached hydrogens (tertiary/aromatic N) is 7. The van der Waals surface area contributed by atoms with Gasteiger partial charge >= 0.3 is 0 Å². The van der Waals surface area contributed by atoms with Crippen molar-refractivity contribution in [2.75, 3.05) is 43.9 Å². The van der Waals surface area contributed by atoms with Crippen molar-refractivity contribution in [2.24, 2.45) is 0 Å². The minimum absolute atomic E-state index is 0.474. The van der Waals surface area contributed by atoms with E-state index in [-0.39, 0.29) is 0 Å². The molecule has 3 heterocycles. The van der Waals surface area contributed by atoms with Gasteiger partial charge in [-0.25, -0.2) is 4.68 Å². The van der Waals surface area contributed by atoms with Gasteiger partial charge in [0.15, 0.2) is 0 Å². The molecule has 1 atom stereocenters. The van der Waals surface area contributed by atoms with E-state index < -0.39 is 0 Å². The Morgan fingerprint density at radius 1 is 1.19 bits per heavy atom. The lowest BCUT2D eigenvalue weighted by Gasteiger charge is -2.37. The topological polar surface area (TPSA) is 75.0 Å². The van der Waals surface area contributed by atoms with Crippen molar-refractivity contribution in [1.29, 1.82) is 0 Å². The van der Waals surface area contributed by atoms with E-state index >= 15 is 0 Å². The molecule has 0 aliphatic carbocycles. The Bertz CT molecular complexity index is 596. The van der Waals surface area contributed by atoms with E-state index in [2.05, 4.69) is 49.1 Å². The number of anilines is 2. The quantitative estimate of drug-likeness (QED) is 0.867. The molecule has 0 radical (unpaired) electrons. The number of aromatic nitrogens is 5. The van der Waals surface area contributed by atoms with Crippen LogP contribution in [0.5, 0.6) is 0 Å². The smallest absolute Gasteiger partial charge is 0.257 e. The summed E-state index contributed by atoms with van der Waals surface area (Å²) in [7, 11) is 3.95. The summed E-state index contributed by atoms with van der Waals surface area (Å²) in [6.45, 7) is 5.02. The normalized spacial score (nSPS) is 19.8. The highest BCUT2D eigenvalue weighted by molar-refractivity contribution is 5.40. The summed E-state index contributed by atoms with van der Waals surface area (Å²) in [6.07, 6.45) is 3.53. The molecule has 3 rings (SSSR count). The summed E-state index contributed by atoms with van der Waals surface area (Å²) in [5.74, 6) is 1.78. The third-order valence-corrected chi connectivity index (χ3v) is 3.79. The van der Waals surface area contributed by atoms with Crippen LogP contribution < -0.4 is 10.2 Å². The zero-order valence-corrected chi connectivity index (χ0v) is 12.6. The van der Waals surface area contributed by atoms with Crippen molar-refractivity contribution < 1.29 is 0 Å². The van der Waals surface area contributed by atoms with Crippen molar-refractivity contribution in [3.8, 4) is 5.95 Å². The molecular weight excluding hydrogens is 268 g/mol. The lowest BCUT2D eigenvalue weighted by Crippen LogP contribution is -2.50. The maximum absolute atomic E-state index is 4.55. The Morgan fingerprint density at radius 2 is 2.00 bits per heavy atom. The van der Waals surface area contributed by atoms with Crippen molar-refractivity contribution in [2.45, 2.75) is 13.0 Å². The molecule has 2 aromatic rings. The van der Waals surface area contributed by atoms with Crippen LogP contribution in [0.2, 0.25) is 0 Å². The van der Waals surface area contributed by atoms with E-state index in [1.54, 1.807) is 17.9 Å². The molecule has 0 bridgehead atoms. The molecule has 0 spiro atoms. The van der Waals surface area contributed by atoms with Gasteiger partial charge in [0.05, 0.1) is 0 Å². The summed E-state index contributed by atoms with van der Waals surface area (Å²) in [5, 5.41) is 7.17. The van der Waals surface area contributed by atoms with Crippen LogP contribution in [0.4, 0.5) is 11.9 Å². The Kier molecular flexibility index (Phi) is 3.70. The van der Waals surface area contributed by atoms with Gasteiger partial charge in [-0.1, -0.05) is 0 Å². The Morgan fingerprint density at radius 3 is 2.67 bits per heavy atom. The van der Waals surface area contributed by atoms with Gasteiger partial charge in [-0.3, -0.25) is 0 Å². The summed E-state index contributed by atoms with van der Waals surface area (Å²) in [6, 6.07) is 2.32. The molecule has 1 N–H and O–H groups in total. The number of nitrogens with one attached hydrogen (secondary N) is 1. The third kappa shape index (κ3) is 2.80. The predicted molar refractivity (Wildman–Crippen MR) is 80.8 cm³/mol. The highest BCUT2D eigenvalue weighted by Gasteiger charge is 2.23. The van der Waals surface area contributed by atoms with Gasteiger partial charge in [0.2, 0.25) is 11.9 Å². The average molecular weight is 288 g/mol. The summed E-state index contributed by atoms with van der Waals surface area (Å²) in [4.78, 5) is 17.9.